The van der Waals surface area contributed by atoms with Crippen LogP contribution in [0.1, 0.15) is 73.9 Å². The van der Waals surface area contributed by atoms with Crippen LogP contribution in [-0.2, 0) is 9.59 Å². The number of amides is 4. The highest BCUT2D eigenvalue weighted by Gasteiger charge is 2.52. The summed E-state index contributed by atoms with van der Waals surface area (Å²) >= 11 is 1.61. The Morgan fingerprint density at radius 2 is 1.78 bits per heavy atom. The molecule has 8 heteroatoms. The molecule has 0 unspecified atom stereocenters. The lowest BCUT2D eigenvalue weighted by Gasteiger charge is -2.30. The maximum absolute atomic E-state index is 12.9. The van der Waals surface area contributed by atoms with Gasteiger partial charge in [-0.1, -0.05) is 63.4 Å². The fraction of sp³-hybridized carbons (Fsp3) is 0.458. The van der Waals surface area contributed by atoms with Crippen molar-refractivity contribution in [2.75, 3.05) is 6.54 Å². The number of urea groups is 1. The number of hydrogen-bond acceptors (Lipinski definition) is 5. The smallest absolute Gasteiger partial charge is 0.322 e. The number of benzene rings is 1. The molecule has 3 N–H and O–H groups in total. The molecule has 2 aromatic rings. The third-order valence-electron chi connectivity index (χ3n) is 6.34. The Morgan fingerprint density at radius 1 is 1.09 bits per heavy atom. The summed E-state index contributed by atoms with van der Waals surface area (Å²) in [5, 5.41) is 8.95. The van der Waals surface area contributed by atoms with Gasteiger partial charge in [0.1, 0.15) is 5.54 Å². The second-order valence-corrected chi connectivity index (χ2v) is 9.88. The minimum Gasteiger partial charge on any atom is -0.322 e. The minimum absolute atomic E-state index is 0.0292. The van der Waals surface area contributed by atoms with Gasteiger partial charge in [-0.05, 0) is 41.3 Å². The number of carbonyl (C=O) groups is 3. The van der Waals surface area contributed by atoms with Crippen LogP contribution in [0.15, 0.2) is 41.8 Å². The molecule has 2 aliphatic rings. The van der Waals surface area contributed by atoms with Crippen LogP contribution in [0.4, 0.5) is 4.79 Å². The summed E-state index contributed by atoms with van der Waals surface area (Å²) in [5.41, 5.74) is 3.96. The Morgan fingerprint density at radius 3 is 2.41 bits per heavy atom. The topological polar surface area (TPSA) is 90.5 Å². The molecule has 1 atom stereocenters. The zero-order chi connectivity index (χ0) is 22.7. The average Bonchev–Trinajstić information content (AvgIpc) is 3.39. The van der Waals surface area contributed by atoms with Crippen molar-refractivity contribution >= 4 is 29.2 Å². The van der Waals surface area contributed by atoms with Crippen molar-refractivity contribution in [1.82, 2.24) is 21.1 Å². The van der Waals surface area contributed by atoms with E-state index in [9.17, 15) is 14.4 Å². The average molecular weight is 455 g/mol. The van der Waals surface area contributed by atoms with Crippen LogP contribution in [0.5, 0.6) is 0 Å². The molecule has 0 bridgehead atoms. The molecule has 2 fully saturated rings. The third kappa shape index (κ3) is 4.56. The van der Waals surface area contributed by atoms with Crippen LogP contribution in [0.3, 0.4) is 0 Å². The van der Waals surface area contributed by atoms with Crippen molar-refractivity contribution in [1.29, 1.82) is 0 Å². The van der Waals surface area contributed by atoms with Crippen molar-refractivity contribution in [3.05, 3.63) is 57.8 Å². The molecule has 1 spiro atoms. The number of nitrogens with one attached hydrogen (secondary N) is 3. The van der Waals surface area contributed by atoms with Crippen molar-refractivity contribution < 1.29 is 14.4 Å². The van der Waals surface area contributed by atoms with E-state index in [2.05, 4.69) is 54.2 Å². The summed E-state index contributed by atoms with van der Waals surface area (Å²) in [6.45, 7) is 4.28. The van der Waals surface area contributed by atoms with Gasteiger partial charge in [0.15, 0.2) is 0 Å². The van der Waals surface area contributed by atoms with Gasteiger partial charge >= 0.3 is 6.03 Å². The van der Waals surface area contributed by atoms with E-state index in [4.69, 9.17) is 0 Å². The highest BCUT2D eigenvalue weighted by Crippen LogP contribution is 2.33. The number of nitrogens with zero attached hydrogens (tertiary/aromatic N) is 1. The van der Waals surface area contributed by atoms with Gasteiger partial charge in [0, 0.05) is 4.88 Å². The lowest BCUT2D eigenvalue weighted by Crippen LogP contribution is -2.52. The SMILES string of the molecule is CC(C)c1ccc([C@H](NCC(=O)NN2C(=O)NC3(CCCCC3)C2=O)c2cccs2)cc1. The molecule has 1 aliphatic heterocycles. The maximum atomic E-state index is 12.9. The number of imide groups is 1. The quantitative estimate of drug-likeness (QED) is 0.555. The monoisotopic (exact) mass is 454 g/mol. The van der Waals surface area contributed by atoms with Crippen molar-refractivity contribution in [3.63, 3.8) is 0 Å². The van der Waals surface area contributed by atoms with E-state index in [0.717, 1.165) is 34.7 Å². The molecule has 1 aromatic carbocycles. The van der Waals surface area contributed by atoms with E-state index in [-0.39, 0.29) is 18.5 Å². The molecule has 1 saturated heterocycles. The summed E-state index contributed by atoms with van der Waals surface area (Å²) in [7, 11) is 0. The van der Waals surface area contributed by atoms with Crippen molar-refractivity contribution in [2.45, 2.75) is 63.5 Å². The van der Waals surface area contributed by atoms with Crippen LogP contribution < -0.4 is 16.1 Å². The first-order chi connectivity index (χ1) is 15.4. The van der Waals surface area contributed by atoms with Crippen molar-refractivity contribution in [3.8, 4) is 0 Å². The first-order valence-corrected chi connectivity index (χ1v) is 12.1. The zero-order valence-electron chi connectivity index (χ0n) is 18.5. The Balaban J connectivity index is 1.41. The Bertz CT molecular complexity index is 966. The van der Waals surface area contributed by atoms with Gasteiger partial charge in [-0.2, -0.15) is 5.01 Å². The normalized spacial score (nSPS) is 18.8. The van der Waals surface area contributed by atoms with E-state index in [0.29, 0.717) is 18.8 Å². The highest BCUT2D eigenvalue weighted by atomic mass is 32.1. The standard InChI is InChI=1S/C24H30N4O3S/c1-16(2)17-8-10-18(11-9-17)21(19-7-6-14-32-19)25-15-20(29)27-28-22(30)24(26-23(28)31)12-4-3-5-13-24/h6-11,14,16,21,25H,3-5,12-13,15H2,1-2H3,(H,26,31)(H,27,29)/t21-/m0/s1. The second-order valence-electron chi connectivity index (χ2n) is 8.90. The number of carbonyl (C=O) groups excluding carboxylic acids is 3. The first-order valence-electron chi connectivity index (χ1n) is 11.2. The van der Waals surface area contributed by atoms with Gasteiger partial charge in [0.25, 0.3) is 11.8 Å². The van der Waals surface area contributed by atoms with Gasteiger partial charge in [-0.15, -0.1) is 11.3 Å². The predicted octanol–water partition coefficient (Wildman–Crippen LogP) is 3.84. The van der Waals surface area contributed by atoms with Crippen LogP contribution in [0.2, 0.25) is 0 Å². The minimum atomic E-state index is -0.853. The lowest BCUT2D eigenvalue weighted by molar-refractivity contribution is -0.139. The molecule has 0 radical (unpaired) electrons. The van der Waals surface area contributed by atoms with Gasteiger partial charge in [0.05, 0.1) is 12.6 Å². The molecule has 1 saturated carbocycles. The van der Waals surface area contributed by atoms with E-state index in [1.807, 2.05) is 17.5 Å². The molecule has 32 heavy (non-hydrogen) atoms. The second kappa shape index (κ2) is 9.42. The molecule has 1 aliphatic carbocycles. The fourth-order valence-corrected chi connectivity index (χ4v) is 5.31. The lowest BCUT2D eigenvalue weighted by atomic mass is 9.82. The van der Waals surface area contributed by atoms with E-state index in [1.54, 1.807) is 11.3 Å². The molecule has 1 aromatic heterocycles. The molecule has 4 rings (SSSR count). The van der Waals surface area contributed by atoms with Gasteiger partial charge < -0.3 is 5.32 Å². The van der Waals surface area contributed by atoms with E-state index < -0.39 is 17.5 Å². The van der Waals surface area contributed by atoms with Gasteiger partial charge in [-0.25, -0.2) is 4.79 Å². The summed E-state index contributed by atoms with van der Waals surface area (Å²) in [6.07, 6.45) is 4.09. The Hall–Kier alpha value is -2.71. The number of hydrazine groups is 1. The molecular weight excluding hydrogens is 424 g/mol. The predicted molar refractivity (Wildman–Crippen MR) is 124 cm³/mol. The highest BCUT2D eigenvalue weighted by molar-refractivity contribution is 7.10. The first kappa shape index (κ1) is 22.5. The molecule has 7 nitrogen and oxygen atoms in total. The van der Waals surface area contributed by atoms with Crippen LogP contribution in [-0.4, -0.2) is 34.9 Å². The fourth-order valence-electron chi connectivity index (χ4n) is 4.49. The molecular formula is C24H30N4O3S. The van der Waals surface area contributed by atoms with E-state index in [1.165, 1.54) is 5.56 Å². The van der Waals surface area contributed by atoms with Gasteiger partial charge in [0.2, 0.25) is 0 Å². The summed E-state index contributed by atoms with van der Waals surface area (Å²) in [5.74, 6) is -0.337. The maximum Gasteiger partial charge on any atom is 0.344 e. The number of thiophene rings is 1. The third-order valence-corrected chi connectivity index (χ3v) is 7.27. The van der Waals surface area contributed by atoms with Gasteiger partial charge in [-0.3, -0.25) is 20.3 Å². The van der Waals surface area contributed by atoms with Crippen molar-refractivity contribution in [2.24, 2.45) is 0 Å². The summed E-state index contributed by atoms with van der Waals surface area (Å²) in [6, 6.07) is 11.7. The largest absolute Gasteiger partial charge is 0.344 e. The molecule has 2 heterocycles. The Kier molecular flexibility index (Phi) is 6.62. The number of rotatable bonds is 7. The Labute approximate surface area is 192 Å². The zero-order valence-corrected chi connectivity index (χ0v) is 19.3. The van der Waals surface area contributed by atoms with Crippen LogP contribution >= 0.6 is 11.3 Å². The summed E-state index contributed by atoms with van der Waals surface area (Å²) < 4.78 is 0. The molecule has 170 valence electrons. The summed E-state index contributed by atoms with van der Waals surface area (Å²) in [4.78, 5) is 39.0. The molecule has 4 amide bonds. The van der Waals surface area contributed by atoms with Crippen LogP contribution in [0, 0.1) is 0 Å². The van der Waals surface area contributed by atoms with E-state index >= 15 is 0 Å². The number of hydrogen-bond donors (Lipinski definition) is 3. The van der Waals surface area contributed by atoms with Crippen LogP contribution in [0.25, 0.3) is 0 Å².